The zero-order chi connectivity index (χ0) is 28.4. The molecule has 0 saturated heterocycles. The maximum Gasteiger partial charge on any atom is 0.330 e. The number of carboxylic acid groups (broad SMARTS) is 1. The first-order chi connectivity index (χ1) is 17.5. The number of allylic oxidation sites excluding steroid dienone is 3. The summed E-state index contributed by atoms with van der Waals surface area (Å²) < 4.78 is 5.60. The van der Waals surface area contributed by atoms with Crippen LogP contribution in [-0.4, -0.2) is 40.1 Å². The third-order valence-electron chi connectivity index (χ3n) is 12.1. The van der Waals surface area contributed by atoms with Gasteiger partial charge >= 0.3 is 11.9 Å². The number of aliphatic carboxylic acids is 1. The average Bonchev–Trinajstić information content (AvgIpc) is 3.10. The summed E-state index contributed by atoms with van der Waals surface area (Å²) in [5, 5.41) is 21.2. The van der Waals surface area contributed by atoms with E-state index in [4.69, 9.17) is 4.74 Å². The topological polar surface area (TPSA) is 101 Å². The van der Waals surface area contributed by atoms with Gasteiger partial charge in [-0.3, -0.25) is 9.59 Å². The van der Waals surface area contributed by atoms with E-state index in [2.05, 4.69) is 33.8 Å². The Labute approximate surface area is 228 Å². The van der Waals surface area contributed by atoms with Gasteiger partial charge in [0, 0.05) is 23.3 Å². The molecule has 0 unspecified atom stereocenters. The van der Waals surface area contributed by atoms with Gasteiger partial charge in [0.05, 0.1) is 6.10 Å². The van der Waals surface area contributed by atoms with Gasteiger partial charge in [0.25, 0.3) is 0 Å². The van der Waals surface area contributed by atoms with Gasteiger partial charge in [-0.25, -0.2) is 4.79 Å². The minimum atomic E-state index is -0.869. The molecular weight excluding hydrogens is 480 g/mol. The number of fused-ring (bicyclic) bond motifs is 5. The van der Waals surface area contributed by atoms with Crippen LogP contribution in [0.1, 0.15) is 100 Å². The molecule has 4 rings (SSSR count). The molecular formula is C32H48O6. The fraction of sp³-hybridized carbons (Fsp3) is 0.781. The maximum atomic E-state index is 13.4. The third-order valence-corrected chi connectivity index (χ3v) is 12.1. The number of ether oxygens (including phenoxy) is 1. The van der Waals surface area contributed by atoms with Crippen LogP contribution in [0.3, 0.4) is 0 Å². The standard InChI is InChI=1S/C32H48O6/c1-18(10-9-11-19(2)28(36)37)21-14-15-31(7)22-12-13-25-29(4,5)27(35)24(38-20(3)33)17-30(25,6)23(22)16-26(34)32(21,31)8/h11-12,18,21,23-26,34H,9-10,13-17H2,1-8H3,(H,36,37)/b19-11-/t18-,21-,23-,24-,25+,26+,30-,31+,32+/m1/s1. The number of rotatable bonds is 6. The molecule has 0 amide bonds. The number of carboxylic acids is 1. The van der Waals surface area contributed by atoms with Crippen molar-refractivity contribution in [2.75, 3.05) is 0 Å². The maximum absolute atomic E-state index is 13.4. The van der Waals surface area contributed by atoms with Crippen molar-refractivity contribution in [1.29, 1.82) is 0 Å². The molecule has 4 aliphatic carbocycles. The Morgan fingerprint density at radius 1 is 1.18 bits per heavy atom. The number of aliphatic hydroxyl groups excluding tert-OH is 1. The molecule has 0 radical (unpaired) electrons. The second-order valence-electron chi connectivity index (χ2n) is 14.2. The van der Waals surface area contributed by atoms with Crippen LogP contribution in [0.4, 0.5) is 0 Å². The highest BCUT2D eigenvalue weighted by atomic mass is 16.5. The van der Waals surface area contributed by atoms with E-state index < -0.39 is 29.6 Å². The number of Topliss-reactive ketones (excluding diaryl/α,β-unsaturated/α-hetero) is 1. The molecule has 6 heteroatoms. The number of aliphatic hydroxyl groups is 1. The summed E-state index contributed by atoms with van der Waals surface area (Å²) in [4.78, 5) is 36.5. The van der Waals surface area contributed by atoms with E-state index in [9.17, 15) is 24.6 Å². The predicted octanol–water partition coefficient (Wildman–Crippen LogP) is 6.12. The van der Waals surface area contributed by atoms with Crippen molar-refractivity contribution in [3.8, 4) is 0 Å². The first-order valence-electron chi connectivity index (χ1n) is 14.5. The zero-order valence-electron chi connectivity index (χ0n) is 24.6. The van der Waals surface area contributed by atoms with E-state index in [1.54, 1.807) is 6.92 Å². The monoisotopic (exact) mass is 528 g/mol. The molecule has 0 heterocycles. The summed E-state index contributed by atoms with van der Waals surface area (Å²) >= 11 is 0. The van der Waals surface area contributed by atoms with Crippen LogP contribution in [0.2, 0.25) is 0 Å². The molecule has 0 spiro atoms. The molecule has 212 valence electrons. The Kier molecular flexibility index (Phi) is 7.34. The molecule has 2 N–H and O–H groups in total. The Hall–Kier alpha value is -1.95. The predicted molar refractivity (Wildman–Crippen MR) is 146 cm³/mol. The van der Waals surface area contributed by atoms with Crippen LogP contribution >= 0.6 is 0 Å². The lowest BCUT2D eigenvalue weighted by Gasteiger charge is -2.64. The van der Waals surface area contributed by atoms with Gasteiger partial charge in [-0.05, 0) is 86.4 Å². The van der Waals surface area contributed by atoms with Crippen LogP contribution in [0, 0.1) is 45.3 Å². The Morgan fingerprint density at radius 2 is 1.84 bits per heavy atom. The minimum absolute atomic E-state index is 0.0152. The smallest absolute Gasteiger partial charge is 0.330 e. The van der Waals surface area contributed by atoms with Crippen molar-refractivity contribution < 1.29 is 29.3 Å². The van der Waals surface area contributed by atoms with Crippen LogP contribution in [0.5, 0.6) is 0 Å². The highest BCUT2D eigenvalue weighted by molar-refractivity contribution is 5.91. The van der Waals surface area contributed by atoms with Gasteiger partial charge in [-0.1, -0.05) is 59.3 Å². The van der Waals surface area contributed by atoms with E-state index in [1.165, 1.54) is 12.5 Å². The van der Waals surface area contributed by atoms with E-state index >= 15 is 0 Å². The third kappa shape index (κ3) is 4.12. The van der Waals surface area contributed by atoms with E-state index in [1.807, 2.05) is 19.9 Å². The largest absolute Gasteiger partial charge is 0.478 e. The lowest BCUT2D eigenvalue weighted by molar-refractivity contribution is -0.181. The van der Waals surface area contributed by atoms with Crippen molar-refractivity contribution in [2.24, 2.45) is 45.3 Å². The molecule has 9 atom stereocenters. The zero-order valence-corrected chi connectivity index (χ0v) is 24.6. The SMILES string of the molecule is CC(=O)O[C@@H]1C[C@]2(C)[C@@H]3C[C@H](O)[C@]4(C)[C@@H]([C@H](C)CC/C=C(/C)C(=O)O)CC[C@@]4(C)C3=CC[C@H]2C(C)(C)C1=O. The lowest BCUT2D eigenvalue weighted by Crippen LogP contribution is -2.63. The molecule has 6 nitrogen and oxygen atoms in total. The van der Waals surface area contributed by atoms with E-state index in [-0.39, 0.29) is 33.9 Å². The van der Waals surface area contributed by atoms with Gasteiger partial charge in [-0.2, -0.15) is 0 Å². The van der Waals surface area contributed by atoms with E-state index in [0.29, 0.717) is 30.3 Å². The highest BCUT2D eigenvalue weighted by Crippen LogP contribution is 2.73. The van der Waals surface area contributed by atoms with Crippen LogP contribution in [0.25, 0.3) is 0 Å². The van der Waals surface area contributed by atoms with E-state index in [0.717, 1.165) is 32.1 Å². The van der Waals surface area contributed by atoms with Crippen molar-refractivity contribution in [3.05, 3.63) is 23.3 Å². The molecule has 3 saturated carbocycles. The average molecular weight is 529 g/mol. The summed E-state index contributed by atoms with van der Waals surface area (Å²) in [5.74, 6) is -0.312. The second-order valence-corrected chi connectivity index (χ2v) is 14.2. The van der Waals surface area contributed by atoms with Crippen molar-refractivity contribution >= 4 is 17.7 Å². The lowest BCUT2D eigenvalue weighted by atomic mass is 9.40. The summed E-state index contributed by atoms with van der Waals surface area (Å²) in [6.07, 6.45) is 8.68. The van der Waals surface area contributed by atoms with Gasteiger partial charge in [0.1, 0.15) is 0 Å². The summed E-state index contributed by atoms with van der Waals surface area (Å²) in [7, 11) is 0. The number of carbonyl (C=O) groups is 3. The van der Waals surface area contributed by atoms with Gasteiger partial charge in [0.15, 0.2) is 11.9 Å². The normalized spacial score (nSPS) is 42.9. The van der Waals surface area contributed by atoms with Gasteiger partial charge < -0.3 is 14.9 Å². The summed E-state index contributed by atoms with van der Waals surface area (Å²) in [6.45, 7) is 16.2. The molecule has 0 aliphatic heterocycles. The number of ketones is 1. The number of hydrogen-bond acceptors (Lipinski definition) is 5. The first-order valence-corrected chi connectivity index (χ1v) is 14.5. The van der Waals surface area contributed by atoms with Gasteiger partial charge in [0.2, 0.25) is 0 Å². The minimum Gasteiger partial charge on any atom is -0.478 e. The van der Waals surface area contributed by atoms with Crippen LogP contribution in [0.15, 0.2) is 23.3 Å². The summed E-state index contributed by atoms with van der Waals surface area (Å²) in [5.41, 5.74) is 0.519. The fourth-order valence-corrected chi connectivity index (χ4v) is 9.73. The Morgan fingerprint density at radius 3 is 2.45 bits per heavy atom. The van der Waals surface area contributed by atoms with Crippen molar-refractivity contribution in [2.45, 2.75) is 113 Å². The Bertz CT molecular complexity index is 1070. The molecule has 38 heavy (non-hydrogen) atoms. The quantitative estimate of drug-likeness (QED) is 0.245. The van der Waals surface area contributed by atoms with Crippen molar-refractivity contribution in [3.63, 3.8) is 0 Å². The molecule has 3 fully saturated rings. The van der Waals surface area contributed by atoms with Crippen molar-refractivity contribution in [1.82, 2.24) is 0 Å². The second kappa shape index (κ2) is 9.60. The number of esters is 1. The molecule has 0 bridgehead atoms. The number of hydrogen-bond donors (Lipinski definition) is 2. The Balaban J connectivity index is 1.66. The molecule has 4 aliphatic rings. The first kappa shape index (κ1) is 29.0. The van der Waals surface area contributed by atoms with Gasteiger partial charge in [-0.15, -0.1) is 0 Å². The highest BCUT2D eigenvalue weighted by Gasteiger charge is 2.69. The fourth-order valence-electron chi connectivity index (χ4n) is 9.73. The van der Waals surface area contributed by atoms with Crippen LogP contribution in [-0.2, 0) is 19.1 Å². The molecule has 0 aromatic carbocycles. The molecule has 0 aromatic heterocycles. The van der Waals surface area contributed by atoms with Crippen LogP contribution < -0.4 is 0 Å². The summed E-state index contributed by atoms with van der Waals surface area (Å²) in [6, 6.07) is 0. The molecule has 0 aromatic rings. The number of carbonyl (C=O) groups excluding carboxylic acids is 2.